The zero-order chi connectivity index (χ0) is 17.6. The molecule has 0 saturated carbocycles. The van der Waals surface area contributed by atoms with Gasteiger partial charge < -0.3 is 18.9 Å². The molecule has 0 aliphatic heterocycles. The van der Waals surface area contributed by atoms with Crippen molar-refractivity contribution in [3.63, 3.8) is 0 Å². The SMILES string of the molecule is COc1cc(C)c2[nH]ccc2c1C(C)(OC)c1nc2ccccc2o1. The minimum atomic E-state index is -0.890. The lowest BCUT2D eigenvalue weighted by atomic mass is 9.90. The summed E-state index contributed by atoms with van der Waals surface area (Å²) in [6, 6.07) is 11.7. The minimum Gasteiger partial charge on any atom is -0.496 e. The number of aromatic nitrogens is 2. The average molecular weight is 336 g/mol. The molecule has 25 heavy (non-hydrogen) atoms. The molecule has 128 valence electrons. The molecular weight excluding hydrogens is 316 g/mol. The number of aromatic amines is 1. The molecule has 2 aromatic carbocycles. The molecule has 5 nitrogen and oxygen atoms in total. The molecule has 4 aromatic rings. The molecule has 4 rings (SSSR count). The third-order valence-corrected chi connectivity index (χ3v) is 4.81. The largest absolute Gasteiger partial charge is 0.496 e. The van der Waals surface area contributed by atoms with E-state index in [1.165, 1.54) is 0 Å². The van der Waals surface area contributed by atoms with Crippen LogP contribution in [0.2, 0.25) is 0 Å². The van der Waals surface area contributed by atoms with E-state index in [9.17, 15) is 0 Å². The Morgan fingerprint density at radius 1 is 1.16 bits per heavy atom. The summed E-state index contributed by atoms with van der Waals surface area (Å²) < 4.78 is 17.7. The summed E-state index contributed by atoms with van der Waals surface area (Å²) in [5, 5.41) is 1.03. The highest BCUT2D eigenvalue weighted by Gasteiger charge is 2.39. The van der Waals surface area contributed by atoms with Gasteiger partial charge in [-0.2, -0.15) is 0 Å². The van der Waals surface area contributed by atoms with Gasteiger partial charge in [-0.25, -0.2) is 4.98 Å². The van der Waals surface area contributed by atoms with E-state index in [0.29, 0.717) is 5.89 Å². The first-order valence-corrected chi connectivity index (χ1v) is 8.15. The van der Waals surface area contributed by atoms with E-state index in [0.717, 1.165) is 38.9 Å². The fourth-order valence-electron chi connectivity index (χ4n) is 3.40. The second kappa shape index (κ2) is 5.63. The molecule has 0 saturated heterocycles. The molecule has 2 aromatic heterocycles. The highest BCUT2D eigenvalue weighted by atomic mass is 16.5. The average Bonchev–Trinajstić information content (AvgIpc) is 3.28. The van der Waals surface area contributed by atoms with Crippen molar-refractivity contribution in [3.05, 3.63) is 59.6 Å². The van der Waals surface area contributed by atoms with Gasteiger partial charge in [-0.3, -0.25) is 0 Å². The molecule has 2 heterocycles. The van der Waals surface area contributed by atoms with Crippen LogP contribution >= 0.6 is 0 Å². The number of rotatable bonds is 4. The summed E-state index contributed by atoms with van der Waals surface area (Å²) in [4.78, 5) is 7.96. The number of methoxy groups -OCH3 is 2. The van der Waals surface area contributed by atoms with E-state index in [-0.39, 0.29) is 0 Å². The highest BCUT2D eigenvalue weighted by Crippen LogP contribution is 2.43. The molecule has 0 spiro atoms. The van der Waals surface area contributed by atoms with Gasteiger partial charge in [0, 0.05) is 29.8 Å². The molecule has 0 bridgehead atoms. The van der Waals surface area contributed by atoms with E-state index < -0.39 is 5.60 Å². The summed E-state index contributed by atoms with van der Waals surface area (Å²) in [5.74, 6) is 1.25. The predicted octanol–water partition coefficient (Wildman–Crippen LogP) is 4.54. The number of benzene rings is 2. The number of hydrogen-bond acceptors (Lipinski definition) is 4. The maximum Gasteiger partial charge on any atom is 0.232 e. The Bertz CT molecular complexity index is 1030. The van der Waals surface area contributed by atoms with E-state index in [1.807, 2.05) is 49.5 Å². The molecule has 0 aliphatic rings. The number of H-pyrrole nitrogens is 1. The van der Waals surface area contributed by atoms with Crippen LogP contribution in [0.1, 0.15) is 23.9 Å². The van der Waals surface area contributed by atoms with Gasteiger partial charge in [0.25, 0.3) is 0 Å². The normalized spacial score (nSPS) is 14.1. The van der Waals surface area contributed by atoms with E-state index in [2.05, 4.69) is 16.9 Å². The smallest absolute Gasteiger partial charge is 0.232 e. The van der Waals surface area contributed by atoms with Gasteiger partial charge in [0.1, 0.15) is 11.3 Å². The van der Waals surface area contributed by atoms with E-state index in [1.54, 1.807) is 14.2 Å². The standard InChI is InChI=1S/C20H20N2O3/c1-12-11-16(23-3)17(13-9-10-21-18(12)13)20(2,24-4)19-22-14-7-5-6-8-15(14)25-19/h5-11,21H,1-4H3. The monoisotopic (exact) mass is 336 g/mol. The van der Waals surface area contributed by atoms with Crippen LogP contribution in [0.3, 0.4) is 0 Å². The number of hydrogen-bond donors (Lipinski definition) is 1. The van der Waals surface area contributed by atoms with Gasteiger partial charge in [-0.15, -0.1) is 0 Å². The van der Waals surface area contributed by atoms with Crippen molar-refractivity contribution in [2.45, 2.75) is 19.4 Å². The molecule has 5 heteroatoms. The van der Waals surface area contributed by atoms with Crippen molar-refractivity contribution in [1.82, 2.24) is 9.97 Å². The maximum absolute atomic E-state index is 6.03. The second-order valence-corrected chi connectivity index (χ2v) is 6.26. The molecule has 1 N–H and O–H groups in total. The van der Waals surface area contributed by atoms with Crippen molar-refractivity contribution in [2.75, 3.05) is 14.2 Å². The lowest BCUT2D eigenvalue weighted by Crippen LogP contribution is -2.27. The van der Waals surface area contributed by atoms with Gasteiger partial charge in [-0.05, 0) is 43.7 Å². The molecule has 1 unspecified atom stereocenters. The zero-order valence-corrected chi connectivity index (χ0v) is 14.7. The van der Waals surface area contributed by atoms with Crippen LogP contribution < -0.4 is 4.74 Å². The van der Waals surface area contributed by atoms with Crippen LogP contribution in [0.4, 0.5) is 0 Å². The molecule has 0 radical (unpaired) electrons. The Morgan fingerprint density at radius 2 is 1.96 bits per heavy atom. The first-order valence-electron chi connectivity index (χ1n) is 8.15. The van der Waals surface area contributed by atoms with Crippen LogP contribution in [-0.2, 0) is 10.3 Å². The topological polar surface area (TPSA) is 60.3 Å². The summed E-state index contributed by atoms with van der Waals surface area (Å²) in [6.45, 7) is 4.01. The number of fused-ring (bicyclic) bond motifs is 2. The quantitative estimate of drug-likeness (QED) is 0.594. The Labute approximate surface area is 145 Å². The third kappa shape index (κ3) is 2.23. The van der Waals surface area contributed by atoms with Gasteiger partial charge >= 0.3 is 0 Å². The second-order valence-electron chi connectivity index (χ2n) is 6.26. The number of aryl methyl sites for hydroxylation is 1. The van der Waals surface area contributed by atoms with Crippen LogP contribution in [0.5, 0.6) is 5.75 Å². The number of oxazole rings is 1. The van der Waals surface area contributed by atoms with Gasteiger partial charge in [-0.1, -0.05) is 12.1 Å². The Morgan fingerprint density at radius 3 is 2.68 bits per heavy atom. The zero-order valence-electron chi connectivity index (χ0n) is 14.7. The van der Waals surface area contributed by atoms with Gasteiger partial charge in [0.2, 0.25) is 5.89 Å². The predicted molar refractivity (Wildman–Crippen MR) is 97.1 cm³/mol. The van der Waals surface area contributed by atoms with E-state index in [4.69, 9.17) is 13.9 Å². The Hall–Kier alpha value is -2.79. The van der Waals surface area contributed by atoms with Crippen LogP contribution in [0, 0.1) is 6.92 Å². The van der Waals surface area contributed by atoms with Crippen molar-refractivity contribution in [1.29, 1.82) is 0 Å². The number of nitrogens with one attached hydrogen (secondary N) is 1. The highest BCUT2D eigenvalue weighted by molar-refractivity contribution is 5.89. The van der Waals surface area contributed by atoms with Crippen molar-refractivity contribution in [2.24, 2.45) is 0 Å². The van der Waals surface area contributed by atoms with Crippen LogP contribution in [0.15, 0.2) is 47.0 Å². The fourth-order valence-corrected chi connectivity index (χ4v) is 3.40. The number of nitrogens with zero attached hydrogens (tertiary/aromatic N) is 1. The maximum atomic E-state index is 6.03. The first kappa shape index (κ1) is 15.7. The van der Waals surface area contributed by atoms with Crippen LogP contribution in [-0.4, -0.2) is 24.2 Å². The first-order chi connectivity index (χ1) is 12.1. The summed E-state index contributed by atoms with van der Waals surface area (Å²) in [5.41, 5.74) is 3.70. The summed E-state index contributed by atoms with van der Waals surface area (Å²) in [7, 11) is 3.32. The fraction of sp³-hybridized carbons (Fsp3) is 0.250. The van der Waals surface area contributed by atoms with Crippen molar-refractivity contribution >= 4 is 22.0 Å². The molecular formula is C20H20N2O3. The molecule has 0 aliphatic carbocycles. The van der Waals surface area contributed by atoms with Gasteiger partial charge in [0.15, 0.2) is 11.2 Å². The molecule has 0 amide bonds. The lowest BCUT2D eigenvalue weighted by molar-refractivity contribution is 0.0165. The Balaban J connectivity index is 2.04. The molecule has 0 fully saturated rings. The van der Waals surface area contributed by atoms with E-state index >= 15 is 0 Å². The van der Waals surface area contributed by atoms with Crippen LogP contribution in [0.25, 0.3) is 22.0 Å². The third-order valence-electron chi connectivity index (χ3n) is 4.81. The summed E-state index contributed by atoms with van der Waals surface area (Å²) in [6.07, 6.45) is 1.92. The number of ether oxygens (including phenoxy) is 2. The van der Waals surface area contributed by atoms with Crippen molar-refractivity contribution in [3.8, 4) is 5.75 Å². The molecule has 1 atom stereocenters. The lowest BCUT2D eigenvalue weighted by Gasteiger charge is -2.28. The van der Waals surface area contributed by atoms with Crippen molar-refractivity contribution < 1.29 is 13.9 Å². The Kier molecular flexibility index (Phi) is 3.54. The van der Waals surface area contributed by atoms with Gasteiger partial charge in [0.05, 0.1) is 7.11 Å². The number of para-hydroxylation sites is 2. The summed E-state index contributed by atoms with van der Waals surface area (Å²) >= 11 is 0. The minimum absolute atomic E-state index is 0.501.